The first-order chi connectivity index (χ1) is 17.3. The Kier molecular flexibility index (Phi) is 5.66. The van der Waals surface area contributed by atoms with Crippen LogP contribution in [0.4, 0.5) is 0 Å². The Morgan fingerprint density at radius 2 is 0.714 bits per heavy atom. The van der Waals surface area contributed by atoms with Gasteiger partial charge in [0.2, 0.25) is 0 Å². The van der Waals surface area contributed by atoms with E-state index >= 15 is 0 Å². The van der Waals surface area contributed by atoms with E-state index in [9.17, 15) is 0 Å². The van der Waals surface area contributed by atoms with E-state index in [-0.39, 0.29) is 0 Å². The summed E-state index contributed by atoms with van der Waals surface area (Å²) in [4.78, 5) is 0. The molecule has 2 nitrogen and oxygen atoms in total. The molecule has 3 heteroatoms. The minimum absolute atomic E-state index is 0.724. The van der Waals surface area contributed by atoms with Crippen LogP contribution in [-0.4, -0.2) is 7.69 Å². The van der Waals surface area contributed by atoms with E-state index in [4.69, 9.17) is 9.31 Å². The maximum atomic E-state index is 5.69. The van der Waals surface area contributed by atoms with Crippen molar-refractivity contribution < 1.29 is 9.31 Å². The number of hydrogen-bond acceptors (Lipinski definition) is 2. The number of rotatable bonds is 6. The van der Waals surface area contributed by atoms with Crippen molar-refractivity contribution in [1.82, 2.24) is 0 Å². The Hall–Kier alpha value is -4.50. The molecule has 35 heavy (non-hydrogen) atoms. The molecule has 0 aliphatic heterocycles. The van der Waals surface area contributed by atoms with E-state index in [1.807, 2.05) is 24.3 Å². The van der Waals surface area contributed by atoms with E-state index in [2.05, 4.69) is 109 Å². The fourth-order valence-corrected chi connectivity index (χ4v) is 4.32. The van der Waals surface area contributed by atoms with Crippen LogP contribution in [0.5, 0.6) is 11.5 Å². The van der Waals surface area contributed by atoms with E-state index in [0.29, 0.717) is 0 Å². The maximum Gasteiger partial charge on any atom is 0.658 e. The topological polar surface area (TPSA) is 18.5 Å². The Morgan fingerprint density at radius 1 is 0.343 bits per heavy atom. The molecule has 0 amide bonds. The standard InChI is InChI=1S/C32H22BO2/c1-3-7-27-21-29(11-9-23(27)5-1)25-13-17-31(18-14-25)34-33-35-32-19-15-26(16-20-32)30-12-10-24-6-2-4-8-28(24)22-30/h1-22H. The van der Waals surface area contributed by atoms with Gasteiger partial charge in [-0.25, -0.2) is 0 Å². The predicted molar refractivity (Wildman–Crippen MR) is 146 cm³/mol. The van der Waals surface area contributed by atoms with Crippen molar-refractivity contribution in [2.45, 2.75) is 0 Å². The van der Waals surface area contributed by atoms with Gasteiger partial charge in [0.05, 0.1) is 0 Å². The molecule has 0 bridgehead atoms. The van der Waals surface area contributed by atoms with Crippen LogP contribution in [0.1, 0.15) is 0 Å². The molecule has 0 aliphatic rings. The van der Waals surface area contributed by atoms with Crippen molar-refractivity contribution in [2.75, 3.05) is 0 Å². The first-order valence-corrected chi connectivity index (χ1v) is 11.7. The zero-order chi connectivity index (χ0) is 23.5. The third kappa shape index (κ3) is 4.62. The second-order valence-corrected chi connectivity index (χ2v) is 8.50. The second-order valence-electron chi connectivity index (χ2n) is 8.50. The van der Waals surface area contributed by atoms with Crippen LogP contribution in [-0.2, 0) is 0 Å². The van der Waals surface area contributed by atoms with Crippen molar-refractivity contribution in [3.63, 3.8) is 0 Å². The molecule has 0 saturated heterocycles. The van der Waals surface area contributed by atoms with E-state index in [1.54, 1.807) is 0 Å². The minimum atomic E-state index is 0.724. The second kappa shape index (κ2) is 9.40. The number of fused-ring (bicyclic) bond motifs is 2. The number of benzene rings is 6. The third-order valence-corrected chi connectivity index (χ3v) is 6.24. The SMILES string of the molecule is [B](Oc1ccc(-c2ccc3ccccc3c2)cc1)Oc1ccc(-c2ccc3ccccc3c2)cc1. The van der Waals surface area contributed by atoms with Crippen LogP contribution < -0.4 is 9.31 Å². The molecule has 0 aromatic heterocycles. The zero-order valence-electron chi connectivity index (χ0n) is 19.1. The van der Waals surface area contributed by atoms with Crippen LogP contribution >= 0.6 is 0 Å². The van der Waals surface area contributed by atoms with Crippen molar-refractivity contribution >= 4 is 29.2 Å². The molecule has 0 aliphatic carbocycles. The molecule has 0 atom stereocenters. The van der Waals surface area contributed by atoms with Gasteiger partial charge in [0, 0.05) is 0 Å². The van der Waals surface area contributed by atoms with Gasteiger partial charge >= 0.3 is 7.69 Å². The van der Waals surface area contributed by atoms with Crippen molar-refractivity contribution in [3.8, 4) is 33.8 Å². The molecular formula is C32H22BO2. The van der Waals surface area contributed by atoms with Gasteiger partial charge in [-0.1, -0.05) is 97.1 Å². The lowest BCUT2D eigenvalue weighted by Gasteiger charge is -2.09. The van der Waals surface area contributed by atoms with E-state index in [1.165, 1.54) is 40.4 Å². The summed E-state index contributed by atoms with van der Waals surface area (Å²) >= 11 is 0. The van der Waals surface area contributed by atoms with Crippen LogP contribution in [0.25, 0.3) is 43.8 Å². The monoisotopic (exact) mass is 449 g/mol. The zero-order valence-corrected chi connectivity index (χ0v) is 19.1. The maximum absolute atomic E-state index is 5.69. The molecule has 0 N–H and O–H groups in total. The van der Waals surface area contributed by atoms with Crippen molar-refractivity contribution in [1.29, 1.82) is 0 Å². The lowest BCUT2D eigenvalue weighted by atomic mass is 10.0. The van der Waals surface area contributed by atoms with Crippen LogP contribution in [0.3, 0.4) is 0 Å². The highest BCUT2D eigenvalue weighted by Crippen LogP contribution is 2.28. The molecular weight excluding hydrogens is 427 g/mol. The fourth-order valence-electron chi connectivity index (χ4n) is 4.32. The van der Waals surface area contributed by atoms with Crippen LogP contribution in [0, 0.1) is 0 Å². The summed E-state index contributed by atoms with van der Waals surface area (Å²) in [5.74, 6) is 1.45. The summed E-state index contributed by atoms with van der Waals surface area (Å²) in [5.41, 5.74) is 4.66. The van der Waals surface area contributed by atoms with Crippen molar-refractivity contribution in [3.05, 3.63) is 133 Å². The highest BCUT2D eigenvalue weighted by Gasteiger charge is 2.05. The van der Waals surface area contributed by atoms with Crippen LogP contribution in [0.2, 0.25) is 0 Å². The van der Waals surface area contributed by atoms with Gasteiger partial charge in [-0.2, -0.15) is 0 Å². The van der Waals surface area contributed by atoms with Gasteiger partial charge in [-0.15, -0.1) is 0 Å². The highest BCUT2D eigenvalue weighted by atomic mass is 16.6. The molecule has 165 valence electrons. The van der Waals surface area contributed by atoms with E-state index in [0.717, 1.165) is 22.6 Å². The van der Waals surface area contributed by atoms with Gasteiger partial charge in [-0.3, -0.25) is 0 Å². The number of hydrogen-bond donors (Lipinski definition) is 0. The molecule has 0 spiro atoms. The largest absolute Gasteiger partial charge is 0.658 e. The van der Waals surface area contributed by atoms with Gasteiger partial charge < -0.3 is 9.31 Å². The molecule has 6 aromatic carbocycles. The summed E-state index contributed by atoms with van der Waals surface area (Å²) < 4.78 is 11.4. The summed E-state index contributed by atoms with van der Waals surface area (Å²) in [7, 11) is 1.37. The third-order valence-electron chi connectivity index (χ3n) is 6.24. The molecule has 6 rings (SSSR count). The van der Waals surface area contributed by atoms with Crippen LogP contribution in [0.15, 0.2) is 133 Å². The highest BCUT2D eigenvalue weighted by molar-refractivity contribution is 6.20. The van der Waals surface area contributed by atoms with Gasteiger partial charge in [0.1, 0.15) is 11.5 Å². The first kappa shape index (κ1) is 21.1. The Balaban J connectivity index is 1.07. The average Bonchev–Trinajstić information content (AvgIpc) is 2.93. The molecule has 0 heterocycles. The molecule has 0 unspecified atom stereocenters. The minimum Gasteiger partial charge on any atom is -0.526 e. The summed E-state index contributed by atoms with van der Waals surface area (Å²) in [6, 6.07) is 45.9. The Morgan fingerprint density at radius 3 is 1.14 bits per heavy atom. The Labute approximate surface area is 205 Å². The average molecular weight is 449 g/mol. The summed E-state index contributed by atoms with van der Waals surface area (Å²) in [6.45, 7) is 0. The lowest BCUT2D eigenvalue weighted by Crippen LogP contribution is -2.10. The summed E-state index contributed by atoms with van der Waals surface area (Å²) in [6.07, 6.45) is 0. The molecule has 0 fully saturated rings. The Bertz CT molecular complexity index is 1480. The fraction of sp³-hybridized carbons (Fsp3) is 0. The predicted octanol–water partition coefficient (Wildman–Crippen LogP) is 8.32. The lowest BCUT2D eigenvalue weighted by molar-refractivity contribution is 0.459. The van der Waals surface area contributed by atoms with Gasteiger partial charge in [0.25, 0.3) is 0 Å². The van der Waals surface area contributed by atoms with Gasteiger partial charge in [-0.05, 0) is 80.2 Å². The molecule has 1 radical (unpaired) electrons. The first-order valence-electron chi connectivity index (χ1n) is 11.7. The molecule has 6 aromatic rings. The molecule has 0 saturated carbocycles. The smallest absolute Gasteiger partial charge is 0.526 e. The van der Waals surface area contributed by atoms with E-state index < -0.39 is 0 Å². The quantitative estimate of drug-likeness (QED) is 0.238. The van der Waals surface area contributed by atoms with Crippen molar-refractivity contribution in [2.24, 2.45) is 0 Å². The summed E-state index contributed by atoms with van der Waals surface area (Å²) in [5, 5.41) is 4.96. The van der Waals surface area contributed by atoms with Gasteiger partial charge in [0.15, 0.2) is 0 Å². The normalized spacial score (nSPS) is 10.9.